The Labute approximate surface area is 129 Å². The lowest BCUT2D eigenvalue weighted by atomic mass is 10.1. The number of hydrogen-bond donors (Lipinski definition) is 1. The lowest BCUT2D eigenvalue weighted by Gasteiger charge is -2.10. The van der Waals surface area contributed by atoms with E-state index in [1.54, 1.807) is 0 Å². The highest BCUT2D eigenvalue weighted by Gasteiger charge is 2.10. The first-order valence-electron chi connectivity index (χ1n) is 6.91. The quantitative estimate of drug-likeness (QED) is 0.911. The van der Waals surface area contributed by atoms with Gasteiger partial charge in [0.25, 0.3) is 5.91 Å². The first kappa shape index (κ1) is 15.5. The van der Waals surface area contributed by atoms with Gasteiger partial charge in [-0.1, -0.05) is 26.0 Å². The lowest BCUT2D eigenvalue weighted by Crippen LogP contribution is -2.20. The van der Waals surface area contributed by atoms with Crippen molar-refractivity contribution in [2.45, 2.75) is 33.6 Å². The third-order valence-electron chi connectivity index (χ3n) is 3.27. The predicted octanol–water partition coefficient (Wildman–Crippen LogP) is 3.90. The van der Waals surface area contributed by atoms with E-state index >= 15 is 0 Å². The number of carbonyl (C=O) groups is 1. The first-order chi connectivity index (χ1) is 9.97. The van der Waals surface area contributed by atoms with E-state index in [-0.39, 0.29) is 12.5 Å². The van der Waals surface area contributed by atoms with Crippen LogP contribution in [0.15, 0.2) is 23.6 Å². The van der Waals surface area contributed by atoms with Gasteiger partial charge in [0, 0.05) is 5.38 Å². The number of rotatable bonds is 5. The van der Waals surface area contributed by atoms with Crippen LogP contribution in [0, 0.1) is 13.8 Å². The van der Waals surface area contributed by atoms with Gasteiger partial charge in [-0.25, -0.2) is 4.98 Å². The Morgan fingerprint density at radius 1 is 1.38 bits per heavy atom. The number of nitrogens with one attached hydrogen (secondary N) is 1. The molecule has 0 unspecified atom stereocenters. The molecule has 0 spiro atoms. The maximum absolute atomic E-state index is 11.9. The summed E-state index contributed by atoms with van der Waals surface area (Å²) in [5.41, 5.74) is 3.20. The fourth-order valence-corrected chi connectivity index (χ4v) is 2.68. The van der Waals surface area contributed by atoms with Crippen molar-refractivity contribution in [3.8, 4) is 5.75 Å². The standard InChI is InChI=1S/C16H20N2O2S/c1-10(2)13-9-21-16(17-13)18-15(19)8-20-14-7-5-6-11(3)12(14)4/h5-7,9-10H,8H2,1-4H3,(H,17,18,19). The van der Waals surface area contributed by atoms with Crippen LogP contribution in [0.3, 0.4) is 0 Å². The molecule has 1 aromatic carbocycles. The van der Waals surface area contributed by atoms with Crippen molar-refractivity contribution in [2.75, 3.05) is 11.9 Å². The van der Waals surface area contributed by atoms with E-state index in [1.165, 1.54) is 11.3 Å². The van der Waals surface area contributed by atoms with E-state index in [2.05, 4.69) is 24.1 Å². The summed E-state index contributed by atoms with van der Waals surface area (Å²) in [6.45, 7) is 8.14. The van der Waals surface area contributed by atoms with Crippen molar-refractivity contribution in [2.24, 2.45) is 0 Å². The van der Waals surface area contributed by atoms with E-state index in [1.807, 2.05) is 37.4 Å². The molecule has 4 nitrogen and oxygen atoms in total. The Hall–Kier alpha value is -1.88. The normalized spacial score (nSPS) is 10.7. The molecule has 0 saturated carbocycles. The number of nitrogens with zero attached hydrogens (tertiary/aromatic N) is 1. The fourth-order valence-electron chi connectivity index (χ4n) is 1.79. The van der Waals surface area contributed by atoms with Gasteiger partial charge < -0.3 is 4.74 Å². The molecule has 1 N–H and O–H groups in total. The molecule has 1 amide bonds. The summed E-state index contributed by atoms with van der Waals surface area (Å²) in [5.74, 6) is 0.908. The topological polar surface area (TPSA) is 51.2 Å². The Bertz CT molecular complexity index is 635. The summed E-state index contributed by atoms with van der Waals surface area (Å²) in [6.07, 6.45) is 0. The molecule has 0 radical (unpaired) electrons. The van der Waals surface area contributed by atoms with Gasteiger partial charge in [0.2, 0.25) is 0 Å². The molecule has 5 heteroatoms. The zero-order valence-electron chi connectivity index (χ0n) is 12.8. The van der Waals surface area contributed by atoms with Gasteiger partial charge in [0.05, 0.1) is 5.69 Å². The van der Waals surface area contributed by atoms with Crippen molar-refractivity contribution >= 4 is 22.4 Å². The maximum atomic E-state index is 11.9. The maximum Gasteiger partial charge on any atom is 0.264 e. The molecule has 0 aliphatic carbocycles. The van der Waals surface area contributed by atoms with Gasteiger partial charge in [0.1, 0.15) is 5.75 Å². The molecule has 1 aromatic heterocycles. The largest absolute Gasteiger partial charge is 0.483 e. The van der Waals surface area contributed by atoms with E-state index in [0.717, 1.165) is 22.6 Å². The number of amides is 1. The molecule has 2 rings (SSSR count). The van der Waals surface area contributed by atoms with Crippen molar-refractivity contribution in [3.63, 3.8) is 0 Å². The lowest BCUT2D eigenvalue weighted by molar-refractivity contribution is -0.118. The second kappa shape index (κ2) is 6.72. The summed E-state index contributed by atoms with van der Waals surface area (Å²) in [7, 11) is 0. The van der Waals surface area contributed by atoms with Crippen LogP contribution >= 0.6 is 11.3 Å². The van der Waals surface area contributed by atoms with Crippen LogP contribution in [0.5, 0.6) is 5.75 Å². The molecule has 0 fully saturated rings. The highest BCUT2D eigenvalue weighted by atomic mass is 32.1. The number of ether oxygens (including phenoxy) is 1. The third kappa shape index (κ3) is 4.04. The van der Waals surface area contributed by atoms with Crippen LogP contribution in [0.4, 0.5) is 5.13 Å². The second-order valence-electron chi connectivity index (χ2n) is 5.27. The van der Waals surface area contributed by atoms with Crippen LogP contribution in [-0.2, 0) is 4.79 Å². The van der Waals surface area contributed by atoms with Crippen molar-refractivity contribution in [3.05, 3.63) is 40.4 Å². The summed E-state index contributed by atoms with van der Waals surface area (Å²) < 4.78 is 5.57. The van der Waals surface area contributed by atoms with E-state index in [0.29, 0.717) is 11.0 Å². The smallest absolute Gasteiger partial charge is 0.264 e. The number of aromatic nitrogens is 1. The minimum atomic E-state index is -0.194. The molecule has 2 aromatic rings. The van der Waals surface area contributed by atoms with Gasteiger partial charge in [0.15, 0.2) is 11.7 Å². The molecule has 112 valence electrons. The zero-order valence-corrected chi connectivity index (χ0v) is 13.6. The van der Waals surface area contributed by atoms with Crippen LogP contribution in [-0.4, -0.2) is 17.5 Å². The Kier molecular flexibility index (Phi) is 4.96. The van der Waals surface area contributed by atoms with Gasteiger partial charge in [-0.05, 0) is 37.0 Å². The molecule has 0 aliphatic rings. The summed E-state index contributed by atoms with van der Waals surface area (Å²) in [6, 6.07) is 5.81. The molecule has 0 atom stereocenters. The van der Waals surface area contributed by atoms with Crippen LogP contribution in [0.2, 0.25) is 0 Å². The number of aryl methyl sites for hydroxylation is 1. The minimum Gasteiger partial charge on any atom is -0.483 e. The van der Waals surface area contributed by atoms with Crippen LogP contribution in [0.1, 0.15) is 36.6 Å². The second-order valence-corrected chi connectivity index (χ2v) is 6.13. The summed E-state index contributed by atoms with van der Waals surface area (Å²) in [4.78, 5) is 16.3. The molecule has 0 saturated heterocycles. The third-order valence-corrected chi connectivity index (χ3v) is 4.05. The Balaban J connectivity index is 1.91. The number of carbonyl (C=O) groups excluding carboxylic acids is 1. The van der Waals surface area contributed by atoms with Crippen molar-refractivity contribution in [1.29, 1.82) is 0 Å². The molecule has 0 bridgehead atoms. The number of anilines is 1. The fraction of sp³-hybridized carbons (Fsp3) is 0.375. The Morgan fingerprint density at radius 2 is 2.14 bits per heavy atom. The molecular weight excluding hydrogens is 284 g/mol. The van der Waals surface area contributed by atoms with Gasteiger partial charge in [-0.15, -0.1) is 11.3 Å². The van der Waals surface area contributed by atoms with E-state index < -0.39 is 0 Å². The van der Waals surface area contributed by atoms with Crippen molar-refractivity contribution < 1.29 is 9.53 Å². The average molecular weight is 304 g/mol. The van der Waals surface area contributed by atoms with Gasteiger partial charge in [-0.2, -0.15) is 0 Å². The number of benzene rings is 1. The molecular formula is C16H20N2O2S. The minimum absolute atomic E-state index is 0.0130. The van der Waals surface area contributed by atoms with Crippen molar-refractivity contribution in [1.82, 2.24) is 4.98 Å². The van der Waals surface area contributed by atoms with Gasteiger partial charge in [-0.3, -0.25) is 10.1 Å². The molecule has 1 heterocycles. The first-order valence-corrected chi connectivity index (χ1v) is 7.79. The monoisotopic (exact) mass is 304 g/mol. The summed E-state index contributed by atoms with van der Waals surface area (Å²) in [5, 5.41) is 5.35. The number of hydrogen-bond acceptors (Lipinski definition) is 4. The zero-order chi connectivity index (χ0) is 15.4. The highest BCUT2D eigenvalue weighted by molar-refractivity contribution is 7.13. The SMILES string of the molecule is Cc1cccc(OCC(=O)Nc2nc(C(C)C)cs2)c1C. The summed E-state index contributed by atoms with van der Waals surface area (Å²) >= 11 is 1.43. The molecule has 21 heavy (non-hydrogen) atoms. The van der Waals surface area contributed by atoms with Crippen LogP contribution < -0.4 is 10.1 Å². The average Bonchev–Trinajstić information content (AvgIpc) is 2.89. The predicted molar refractivity (Wildman–Crippen MR) is 86.2 cm³/mol. The number of thiazole rings is 1. The van der Waals surface area contributed by atoms with E-state index in [9.17, 15) is 4.79 Å². The van der Waals surface area contributed by atoms with Gasteiger partial charge >= 0.3 is 0 Å². The molecule has 0 aliphatic heterocycles. The Morgan fingerprint density at radius 3 is 2.81 bits per heavy atom. The van der Waals surface area contributed by atoms with Crippen LogP contribution in [0.25, 0.3) is 0 Å². The highest BCUT2D eigenvalue weighted by Crippen LogP contribution is 2.22. The van der Waals surface area contributed by atoms with E-state index in [4.69, 9.17) is 4.74 Å².